The summed E-state index contributed by atoms with van der Waals surface area (Å²) in [4.78, 5) is 10.4. The van der Waals surface area contributed by atoms with Crippen LogP contribution in [0.4, 0.5) is 0 Å². The van der Waals surface area contributed by atoms with Crippen LogP contribution in [0.15, 0.2) is 205 Å². The van der Waals surface area contributed by atoms with Crippen molar-refractivity contribution in [1.29, 1.82) is 0 Å². The van der Waals surface area contributed by atoms with Crippen molar-refractivity contribution in [2.24, 2.45) is 0 Å². The van der Waals surface area contributed by atoms with E-state index in [1.165, 1.54) is 27.8 Å². The fraction of sp³-hybridized carbons (Fsp3) is 0.0370. The van der Waals surface area contributed by atoms with Gasteiger partial charge in [0, 0.05) is 38.4 Å². The number of rotatable bonds is 6. The van der Waals surface area contributed by atoms with Gasteiger partial charge in [0.05, 0.1) is 11.4 Å². The smallest absolute Gasteiger partial charge is 0.160 e. The van der Waals surface area contributed by atoms with Crippen LogP contribution in [0.5, 0.6) is 0 Å². The zero-order valence-electron chi connectivity index (χ0n) is 31.4. The minimum atomic E-state index is -0.299. The lowest BCUT2D eigenvalue weighted by Crippen LogP contribution is -2.22. The number of benzene rings is 8. The molecule has 0 saturated heterocycles. The Kier molecular flexibility index (Phi) is 7.61. The maximum Gasteiger partial charge on any atom is 0.160 e. The second-order valence-electron chi connectivity index (χ2n) is 15.1. The predicted molar refractivity (Wildman–Crippen MR) is 234 cm³/mol. The third kappa shape index (κ3) is 5.43. The molecule has 0 N–H and O–H groups in total. The molecule has 0 fully saturated rings. The van der Waals surface area contributed by atoms with Gasteiger partial charge in [0.15, 0.2) is 5.82 Å². The molecule has 0 radical (unpaired) electrons. The number of hydrogen-bond donors (Lipinski definition) is 0. The Morgan fingerprint density at radius 1 is 0.386 bits per heavy atom. The average molecular weight is 729 g/mol. The van der Waals surface area contributed by atoms with Crippen molar-refractivity contribution in [3.8, 4) is 67.3 Å². The van der Waals surface area contributed by atoms with E-state index in [1.54, 1.807) is 0 Å². The van der Waals surface area contributed by atoms with E-state index in [0.717, 1.165) is 72.3 Å². The lowest BCUT2D eigenvalue weighted by atomic mass is 9.74. The molecule has 1 aliphatic rings. The Hall–Kier alpha value is -7.36. The molecule has 1 unspecified atom stereocenters. The standard InChI is InChI=1S/C54H36N2O/c1-54(41-18-6-3-7-19-41)47-24-10-8-20-43(47)44-31-30-40(33-48(44)54)50-34-49(55-53(56-50)37-14-4-2-5-15-37)36-28-26-35(27-29-36)38-16-12-17-39(32-38)42-22-13-23-46-45-21-9-11-25-51(45)57-52(42)46/h2-34H,1H3. The normalized spacial score (nSPS) is 14.5. The second kappa shape index (κ2) is 13.1. The van der Waals surface area contributed by atoms with Crippen molar-refractivity contribution >= 4 is 21.9 Å². The highest BCUT2D eigenvalue weighted by Gasteiger charge is 2.40. The fourth-order valence-electron chi connectivity index (χ4n) is 8.87. The average Bonchev–Trinajstić information content (AvgIpc) is 3.80. The van der Waals surface area contributed by atoms with Crippen LogP contribution < -0.4 is 0 Å². The van der Waals surface area contributed by atoms with Crippen LogP contribution in [0, 0.1) is 0 Å². The minimum absolute atomic E-state index is 0.299. The Morgan fingerprint density at radius 2 is 0.982 bits per heavy atom. The highest BCUT2D eigenvalue weighted by atomic mass is 16.3. The Morgan fingerprint density at radius 3 is 1.82 bits per heavy atom. The van der Waals surface area contributed by atoms with E-state index in [4.69, 9.17) is 14.4 Å². The van der Waals surface area contributed by atoms with E-state index in [0.29, 0.717) is 5.82 Å². The van der Waals surface area contributed by atoms with Crippen LogP contribution in [-0.2, 0) is 5.41 Å². The lowest BCUT2D eigenvalue weighted by molar-refractivity contribution is 0.670. The van der Waals surface area contributed by atoms with E-state index in [1.807, 2.05) is 30.3 Å². The van der Waals surface area contributed by atoms with Gasteiger partial charge in [-0.2, -0.15) is 0 Å². The molecule has 2 heterocycles. The van der Waals surface area contributed by atoms with Crippen molar-refractivity contribution in [2.75, 3.05) is 0 Å². The van der Waals surface area contributed by atoms with Crippen molar-refractivity contribution in [1.82, 2.24) is 9.97 Å². The third-order valence-electron chi connectivity index (χ3n) is 11.8. The van der Waals surface area contributed by atoms with E-state index >= 15 is 0 Å². The van der Waals surface area contributed by atoms with Crippen molar-refractivity contribution in [2.45, 2.75) is 12.3 Å². The van der Waals surface area contributed by atoms with Gasteiger partial charge in [0.25, 0.3) is 0 Å². The summed E-state index contributed by atoms with van der Waals surface area (Å²) in [6.45, 7) is 2.36. The molecule has 0 saturated carbocycles. The molecule has 8 aromatic carbocycles. The van der Waals surface area contributed by atoms with E-state index in [2.05, 4.69) is 177 Å². The highest BCUT2D eigenvalue weighted by molar-refractivity contribution is 6.09. The molecule has 1 aliphatic carbocycles. The molecule has 57 heavy (non-hydrogen) atoms. The molecular weight excluding hydrogens is 693 g/mol. The molecular formula is C54H36N2O. The first-order chi connectivity index (χ1) is 28.1. The summed E-state index contributed by atoms with van der Waals surface area (Å²) in [6.07, 6.45) is 0. The van der Waals surface area contributed by atoms with Crippen LogP contribution in [-0.4, -0.2) is 9.97 Å². The van der Waals surface area contributed by atoms with Gasteiger partial charge in [0.2, 0.25) is 0 Å². The quantitative estimate of drug-likeness (QED) is 0.171. The van der Waals surface area contributed by atoms with Gasteiger partial charge in [0.1, 0.15) is 11.2 Å². The molecule has 0 aliphatic heterocycles. The van der Waals surface area contributed by atoms with Crippen LogP contribution in [0.3, 0.4) is 0 Å². The molecule has 3 nitrogen and oxygen atoms in total. The number of hydrogen-bond acceptors (Lipinski definition) is 3. The summed E-state index contributed by atoms with van der Waals surface area (Å²) < 4.78 is 6.39. The summed E-state index contributed by atoms with van der Waals surface area (Å²) in [5.74, 6) is 0.703. The van der Waals surface area contributed by atoms with Crippen molar-refractivity contribution in [3.05, 3.63) is 217 Å². The van der Waals surface area contributed by atoms with E-state index in [-0.39, 0.29) is 5.41 Å². The molecule has 0 amide bonds. The molecule has 0 bridgehead atoms. The van der Waals surface area contributed by atoms with E-state index in [9.17, 15) is 0 Å². The second-order valence-corrected chi connectivity index (χ2v) is 15.1. The van der Waals surface area contributed by atoms with Crippen LogP contribution in [0.2, 0.25) is 0 Å². The van der Waals surface area contributed by atoms with Gasteiger partial charge < -0.3 is 4.42 Å². The van der Waals surface area contributed by atoms with Gasteiger partial charge in [-0.3, -0.25) is 0 Å². The molecule has 2 aromatic heterocycles. The summed E-state index contributed by atoms with van der Waals surface area (Å²) >= 11 is 0. The number of furan rings is 1. The zero-order chi connectivity index (χ0) is 37.9. The summed E-state index contributed by atoms with van der Waals surface area (Å²) in [7, 11) is 0. The summed E-state index contributed by atoms with van der Waals surface area (Å²) in [5, 5.41) is 2.27. The van der Waals surface area contributed by atoms with Crippen LogP contribution in [0.1, 0.15) is 23.6 Å². The fourth-order valence-corrected chi connectivity index (χ4v) is 8.87. The maximum atomic E-state index is 6.39. The molecule has 268 valence electrons. The molecule has 1 atom stereocenters. The SMILES string of the molecule is CC1(c2ccccc2)c2ccccc2-c2ccc(-c3cc(-c4ccc(-c5cccc(-c6cccc7c6oc6ccccc67)c5)cc4)nc(-c4ccccc4)n3)cc21. The highest BCUT2D eigenvalue weighted by Crippen LogP contribution is 2.53. The van der Waals surface area contributed by atoms with Crippen molar-refractivity contribution < 1.29 is 4.42 Å². The number of nitrogens with zero attached hydrogens (tertiary/aromatic N) is 2. The molecule has 3 heteroatoms. The zero-order valence-corrected chi connectivity index (χ0v) is 31.4. The van der Waals surface area contributed by atoms with Crippen LogP contribution >= 0.6 is 0 Å². The molecule has 0 spiro atoms. The van der Waals surface area contributed by atoms with Gasteiger partial charge in [-0.05, 0) is 75.7 Å². The van der Waals surface area contributed by atoms with Gasteiger partial charge in [-0.25, -0.2) is 9.97 Å². The first-order valence-electron chi connectivity index (χ1n) is 19.5. The number of para-hydroxylation sites is 2. The maximum absolute atomic E-state index is 6.39. The number of aromatic nitrogens is 2. The summed E-state index contributed by atoms with van der Waals surface area (Å²) in [6, 6.07) is 71.0. The largest absolute Gasteiger partial charge is 0.455 e. The van der Waals surface area contributed by atoms with Gasteiger partial charge in [-0.15, -0.1) is 0 Å². The first kappa shape index (κ1) is 33.0. The summed E-state index contributed by atoms with van der Waals surface area (Å²) in [5.41, 5.74) is 17.3. The van der Waals surface area contributed by atoms with Gasteiger partial charge in [-0.1, -0.05) is 176 Å². The predicted octanol–water partition coefficient (Wildman–Crippen LogP) is 14.0. The first-order valence-corrected chi connectivity index (χ1v) is 19.5. The van der Waals surface area contributed by atoms with Crippen LogP contribution in [0.25, 0.3) is 89.2 Å². The Labute approximate surface area is 331 Å². The molecule has 11 rings (SSSR count). The Bertz CT molecular complexity index is 3130. The number of fused-ring (bicyclic) bond motifs is 6. The third-order valence-corrected chi connectivity index (χ3v) is 11.8. The van der Waals surface area contributed by atoms with E-state index < -0.39 is 0 Å². The molecule has 10 aromatic rings. The lowest BCUT2D eigenvalue weighted by Gasteiger charge is -2.28. The van der Waals surface area contributed by atoms with Gasteiger partial charge >= 0.3 is 0 Å². The Balaban J connectivity index is 0.989. The topological polar surface area (TPSA) is 38.9 Å². The monoisotopic (exact) mass is 728 g/mol. The minimum Gasteiger partial charge on any atom is -0.455 e. The van der Waals surface area contributed by atoms with Crippen molar-refractivity contribution in [3.63, 3.8) is 0 Å².